The summed E-state index contributed by atoms with van der Waals surface area (Å²) in [5.41, 5.74) is 1.88. The molecule has 0 aliphatic carbocycles. The molecule has 13 heavy (non-hydrogen) atoms. The molecule has 1 aromatic carbocycles. The van der Waals surface area contributed by atoms with E-state index in [2.05, 4.69) is 15.9 Å². The molecule has 0 saturated heterocycles. The Morgan fingerprint density at radius 3 is 2.31 bits per heavy atom. The summed E-state index contributed by atoms with van der Waals surface area (Å²) in [4.78, 5) is 0. The average Bonchev–Trinajstić information content (AvgIpc) is 2.17. The molecule has 0 aliphatic heterocycles. The summed E-state index contributed by atoms with van der Waals surface area (Å²) in [6, 6.07) is 8.76. The first-order chi connectivity index (χ1) is 6.15. The maximum Gasteiger partial charge on any atom is 0.169 e. The van der Waals surface area contributed by atoms with Gasteiger partial charge >= 0.3 is 0 Å². The van der Waals surface area contributed by atoms with Crippen LogP contribution in [-0.4, -0.2) is 0 Å². The fraction of sp³-hybridized carbons (Fsp3) is 0.100. The van der Waals surface area contributed by atoms with Crippen LogP contribution in [0.5, 0.6) is 0 Å². The molecule has 0 unspecified atom stereocenters. The molecule has 0 fully saturated rings. The summed E-state index contributed by atoms with van der Waals surface area (Å²) in [6.45, 7) is 1.67. The molecule has 0 heterocycles. The molecular formula is C10H7BrFN. The Bertz CT molecular complexity index is 369. The summed E-state index contributed by atoms with van der Waals surface area (Å²) in [5, 5.41) is 8.53. The maximum absolute atomic E-state index is 12.7. The van der Waals surface area contributed by atoms with Crippen molar-refractivity contribution in [2.75, 3.05) is 0 Å². The van der Waals surface area contributed by atoms with Crippen LogP contribution in [0.15, 0.2) is 29.0 Å². The van der Waals surface area contributed by atoms with Crippen LogP contribution in [0.1, 0.15) is 18.1 Å². The van der Waals surface area contributed by atoms with Crippen molar-refractivity contribution in [1.29, 1.82) is 5.26 Å². The summed E-state index contributed by atoms with van der Waals surface area (Å²) in [6.07, 6.45) is 0. The van der Waals surface area contributed by atoms with Gasteiger partial charge in [-0.05, 0) is 46.1 Å². The Morgan fingerprint density at radius 1 is 1.38 bits per heavy atom. The molecule has 66 valence electrons. The van der Waals surface area contributed by atoms with Gasteiger partial charge in [-0.1, -0.05) is 12.1 Å². The summed E-state index contributed by atoms with van der Waals surface area (Å²) in [5.74, 6) is 0. The predicted molar refractivity (Wildman–Crippen MR) is 53.8 cm³/mol. The Morgan fingerprint density at radius 2 is 1.92 bits per heavy atom. The van der Waals surface area contributed by atoms with E-state index in [-0.39, 0.29) is 4.74 Å². The van der Waals surface area contributed by atoms with Crippen molar-refractivity contribution >= 4 is 21.5 Å². The molecule has 1 aromatic rings. The number of nitriles is 1. The van der Waals surface area contributed by atoms with E-state index in [0.29, 0.717) is 11.1 Å². The first-order valence-corrected chi connectivity index (χ1v) is 4.47. The molecule has 0 radical (unpaired) electrons. The van der Waals surface area contributed by atoms with Gasteiger partial charge in [-0.15, -0.1) is 0 Å². The number of allylic oxidation sites excluding steroid dienone is 1. The van der Waals surface area contributed by atoms with Crippen LogP contribution < -0.4 is 0 Å². The lowest BCUT2D eigenvalue weighted by molar-refractivity contribution is 0.707. The number of hydrogen-bond donors (Lipinski definition) is 0. The summed E-state index contributed by atoms with van der Waals surface area (Å²) in [7, 11) is 0. The van der Waals surface area contributed by atoms with Gasteiger partial charge in [0.1, 0.15) is 0 Å². The molecule has 0 atom stereocenters. The first-order valence-electron chi connectivity index (χ1n) is 3.67. The Hall–Kier alpha value is -1.14. The molecule has 0 saturated carbocycles. The first kappa shape index (κ1) is 9.94. The molecule has 0 spiro atoms. The normalized spacial score (nSPS) is 11.8. The van der Waals surface area contributed by atoms with Crippen LogP contribution in [0, 0.1) is 11.3 Å². The van der Waals surface area contributed by atoms with E-state index in [1.165, 1.54) is 0 Å². The minimum absolute atomic E-state index is 0.378. The van der Waals surface area contributed by atoms with E-state index < -0.39 is 0 Å². The zero-order valence-corrected chi connectivity index (χ0v) is 8.60. The largest absolute Gasteiger partial charge is 0.199 e. The lowest BCUT2D eigenvalue weighted by Crippen LogP contribution is -1.81. The highest BCUT2D eigenvalue weighted by atomic mass is 79.9. The fourth-order valence-corrected chi connectivity index (χ4v) is 1.13. The SMILES string of the molecule is CC(=C(F)Br)c1ccc(C#N)cc1. The highest BCUT2D eigenvalue weighted by molar-refractivity contribution is 9.11. The molecule has 3 heteroatoms. The molecule has 0 aromatic heterocycles. The average molecular weight is 240 g/mol. The van der Waals surface area contributed by atoms with E-state index in [0.717, 1.165) is 5.56 Å². The lowest BCUT2D eigenvalue weighted by atomic mass is 10.1. The third-order valence-corrected chi connectivity index (χ3v) is 2.33. The second kappa shape index (κ2) is 4.20. The number of hydrogen-bond acceptors (Lipinski definition) is 1. The third kappa shape index (κ3) is 2.40. The zero-order valence-electron chi connectivity index (χ0n) is 7.01. The van der Waals surface area contributed by atoms with Gasteiger partial charge in [0.25, 0.3) is 0 Å². The zero-order chi connectivity index (χ0) is 9.84. The van der Waals surface area contributed by atoms with Crippen molar-refractivity contribution in [3.05, 3.63) is 40.1 Å². The molecule has 0 amide bonds. The minimum atomic E-state index is -0.378. The van der Waals surface area contributed by atoms with Crippen molar-refractivity contribution in [3.63, 3.8) is 0 Å². The van der Waals surface area contributed by atoms with Crippen LogP contribution in [-0.2, 0) is 0 Å². The van der Waals surface area contributed by atoms with E-state index in [4.69, 9.17) is 5.26 Å². The molecule has 1 rings (SSSR count). The van der Waals surface area contributed by atoms with Crippen LogP contribution in [0.2, 0.25) is 0 Å². The number of halogens is 2. The standard InChI is InChI=1S/C10H7BrFN/c1-7(10(11)12)9-4-2-8(6-13)3-5-9/h2-5H,1H3. The van der Waals surface area contributed by atoms with Crippen molar-refractivity contribution < 1.29 is 4.39 Å². The Kier molecular flexibility index (Phi) is 3.21. The van der Waals surface area contributed by atoms with Crippen LogP contribution >= 0.6 is 15.9 Å². The Balaban J connectivity index is 3.08. The smallest absolute Gasteiger partial charge is 0.169 e. The van der Waals surface area contributed by atoms with E-state index in [9.17, 15) is 4.39 Å². The third-order valence-electron chi connectivity index (χ3n) is 1.73. The Labute approximate surface area is 84.6 Å². The van der Waals surface area contributed by atoms with Crippen molar-refractivity contribution in [1.82, 2.24) is 0 Å². The van der Waals surface area contributed by atoms with E-state index in [1.807, 2.05) is 6.07 Å². The number of rotatable bonds is 1. The van der Waals surface area contributed by atoms with Crippen LogP contribution in [0.3, 0.4) is 0 Å². The van der Waals surface area contributed by atoms with E-state index >= 15 is 0 Å². The quantitative estimate of drug-likeness (QED) is 0.735. The molecule has 0 bridgehead atoms. The molecule has 0 aliphatic rings. The fourth-order valence-electron chi connectivity index (χ4n) is 0.904. The topological polar surface area (TPSA) is 23.8 Å². The second-order valence-corrected chi connectivity index (χ2v) is 3.27. The minimum Gasteiger partial charge on any atom is -0.199 e. The molecule has 1 nitrogen and oxygen atoms in total. The number of nitrogens with zero attached hydrogens (tertiary/aromatic N) is 1. The van der Waals surface area contributed by atoms with Gasteiger partial charge in [-0.25, -0.2) is 0 Å². The monoisotopic (exact) mass is 239 g/mol. The molecular weight excluding hydrogens is 233 g/mol. The van der Waals surface area contributed by atoms with Gasteiger partial charge in [0.15, 0.2) is 4.74 Å². The maximum atomic E-state index is 12.7. The highest BCUT2D eigenvalue weighted by Crippen LogP contribution is 2.23. The highest BCUT2D eigenvalue weighted by Gasteiger charge is 2.00. The predicted octanol–water partition coefficient (Wildman–Crippen LogP) is 3.61. The van der Waals surface area contributed by atoms with Gasteiger partial charge in [-0.2, -0.15) is 9.65 Å². The number of benzene rings is 1. The van der Waals surface area contributed by atoms with Crippen molar-refractivity contribution in [2.24, 2.45) is 0 Å². The van der Waals surface area contributed by atoms with E-state index in [1.54, 1.807) is 31.2 Å². The van der Waals surface area contributed by atoms with Gasteiger partial charge in [0.05, 0.1) is 11.6 Å². The second-order valence-electron chi connectivity index (χ2n) is 2.57. The van der Waals surface area contributed by atoms with Crippen LogP contribution in [0.4, 0.5) is 4.39 Å². The van der Waals surface area contributed by atoms with Gasteiger partial charge in [0.2, 0.25) is 0 Å². The van der Waals surface area contributed by atoms with Gasteiger partial charge in [-0.3, -0.25) is 0 Å². The van der Waals surface area contributed by atoms with Crippen molar-refractivity contribution in [3.8, 4) is 6.07 Å². The lowest BCUT2D eigenvalue weighted by Gasteiger charge is -1.99. The summed E-state index contributed by atoms with van der Waals surface area (Å²) >= 11 is 2.76. The van der Waals surface area contributed by atoms with Crippen molar-refractivity contribution in [2.45, 2.75) is 6.92 Å². The molecule has 0 N–H and O–H groups in total. The van der Waals surface area contributed by atoms with Gasteiger partial charge in [0, 0.05) is 0 Å². The summed E-state index contributed by atoms with van der Waals surface area (Å²) < 4.78 is 12.3. The van der Waals surface area contributed by atoms with Gasteiger partial charge < -0.3 is 0 Å². The van der Waals surface area contributed by atoms with Crippen LogP contribution in [0.25, 0.3) is 5.57 Å².